The van der Waals surface area contributed by atoms with E-state index in [1.807, 2.05) is 4.72 Å². The van der Waals surface area contributed by atoms with Crippen LogP contribution in [0, 0.1) is 11.7 Å². The summed E-state index contributed by atoms with van der Waals surface area (Å²) in [6.45, 7) is 0. The van der Waals surface area contributed by atoms with E-state index in [2.05, 4.69) is 0 Å². The summed E-state index contributed by atoms with van der Waals surface area (Å²) in [5, 5.41) is 0. The molecule has 4 nitrogen and oxygen atoms in total. The summed E-state index contributed by atoms with van der Waals surface area (Å²) >= 11 is 0. The predicted octanol–water partition coefficient (Wildman–Crippen LogP) is 1.33. The van der Waals surface area contributed by atoms with Crippen molar-refractivity contribution in [1.29, 1.82) is 0 Å². The largest absolute Gasteiger partial charge is 0.294 e. The van der Waals surface area contributed by atoms with E-state index in [9.17, 15) is 17.6 Å². The summed E-state index contributed by atoms with van der Waals surface area (Å²) in [5.41, 5.74) is 0.253. The summed E-state index contributed by atoms with van der Waals surface area (Å²) in [7, 11) is -2.67. The van der Waals surface area contributed by atoms with Crippen LogP contribution in [0.2, 0.25) is 0 Å². The van der Waals surface area contributed by atoms with Crippen LogP contribution in [0.4, 0.5) is 4.39 Å². The van der Waals surface area contributed by atoms with Gasteiger partial charge in [0.1, 0.15) is 10.7 Å². The van der Waals surface area contributed by atoms with Crippen LogP contribution in [0.25, 0.3) is 0 Å². The van der Waals surface area contributed by atoms with Crippen LogP contribution < -0.4 is 4.72 Å². The normalized spacial score (nSPS) is 15.9. The van der Waals surface area contributed by atoms with Crippen LogP contribution in [0.1, 0.15) is 23.2 Å². The van der Waals surface area contributed by atoms with Crippen molar-refractivity contribution in [2.45, 2.75) is 17.7 Å². The molecule has 0 saturated heterocycles. The number of carbonyl (C=O) groups is 1. The quantitative estimate of drug-likeness (QED) is 0.828. The maximum atomic E-state index is 13.4. The van der Waals surface area contributed by atoms with Gasteiger partial charge in [0.15, 0.2) is 5.78 Å². The minimum absolute atomic E-state index is 0.0226. The SMILES string of the molecule is CNS(=O)(=O)c1cc(C(=O)C2CC2)ccc1F. The summed E-state index contributed by atoms with van der Waals surface area (Å²) in [6, 6.07) is 3.44. The summed E-state index contributed by atoms with van der Waals surface area (Å²) < 4.78 is 38.5. The fraction of sp³-hybridized carbons (Fsp3) is 0.364. The molecule has 0 spiro atoms. The molecule has 0 aliphatic heterocycles. The molecule has 1 aliphatic carbocycles. The van der Waals surface area contributed by atoms with Crippen LogP contribution in [0.5, 0.6) is 0 Å². The smallest absolute Gasteiger partial charge is 0.243 e. The van der Waals surface area contributed by atoms with Gasteiger partial charge in [-0.3, -0.25) is 4.79 Å². The van der Waals surface area contributed by atoms with Crippen molar-refractivity contribution in [3.63, 3.8) is 0 Å². The number of hydrogen-bond donors (Lipinski definition) is 1. The van der Waals surface area contributed by atoms with Crippen molar-refractivity contribution in [2.24, 2.45) is 5.92 Å². The molecule has 92 valence electrons. The lowest BCUT2D eigenvalue weighted by Crippen LogP contribution is -2.20. The number of Topliss-reactive ketones (excluding diaryl/α,β-unsaturated/α-hetero) is 1. The molecule has 0 radical (unpaired) electrons. The standard InChI is InChI=1S/C11H12FNO3S/c1-13-17(15,16)10-6-8(4-5-9(10)12)11(14)7-2-3-7/h4-7,13H,2-3H2,1H3. The number of carbonyl (C=O) groups excluding carboxylic acids is 1. The van der Waals surface area contributed by atoms with Crippen LogP contribution in [0.15, 0.2) is 23.1 Å². The molecule has 1 fully saturated rings. The van der Waals surface area contributed by atoms with Crippen molar-refractivity contribution in [3.8, 4) is 0 Å². The molecule has 6 heteroatoms. The Balaban J connectivity index is 2.46. The van der Waals surface area contributed by atoms with Gasteiger partial charge in [-0.1, -0.05) is 0 Å². The van der Waals surface area contributed by atoms with Gasteiger partial charge < -0.3 is 0 Å². The molecule has 17 heavy (non-hydrogen) atoms. The molecule has 0 unspecified atom stereocenters. The van der Waals surface area contributed by atoms with Crippen LogP contribution >= 0.6 is 0 Å². The molecule has 0 atom stereocenters. The van der Waals surface area contributed by atoms with Gasteiger partial charge in [-0.05, 0) is 38.1 Å². The highest BCUT2D eigenvalue weighted by Crippen LogP contribution is 2.33. The number of ketones is 1. The maximum absolute atomic E-state index is 13.4. The van der Waals surface area contributed by atoms with Crippen molar-refractivity contribution in [1.82, 2.24) is 4.72 Å². The van der Waals surface area contributed by atoms with Crippen LogP contribution in [0.3, 0.4) is 0 Å². The average Bonchev–Trinajstić information content (AvgIpc) is 3.12. The highest BCUT2D eigenvalue weighted by atomic mass is 32.2. The number of benzene rings is 1. The third-order valence-corrected chi connectivity index (χ3v) is 4.15. The van der Waals surface area contributed by atoms with Gasteiger partial charge in [0.25, 0.3) is 0 Å². The van der Waals surface area contributed by atoms with Crippen LogP contribution in [-0.4, -0.2) is 21.2 Å². The number of sulfonamides is 1. The molecule has 1 aromatic rings. The zero-order valence-corrected chi connectivity index (χ0v) is 10.1. The van der Waals surface area contributed by atoms with E-state index < -0.39 is 20.7 Å². The molecule has 0 amide bonds. The first-order chi connectivity index (χ1) is 7.95. The molecule has 1 aliphatic rings. The Morgan fingerprint density at radius 2 is 2.06 bits per heavy atom. The van der Waals surface area contributed by atoms with E-state index in [1.54, 1.807) is 0 Å². The van der Waals surface area contributed by atoms with Gasteiger partial charge in [0, 0.05) is 11.5 Å². The first-order valence-electron chi connectivity index (χ1n) is 5.23. The Morgan fingerprint density at radius 3 is 2.59 bits per heavy atom. The molecule has 0 heterocycles. The minimum Gasteiger partial charge on any atom is -0.294 e. The fourth-order valence-corrected chi connectivity index (χ4v) is 2.38. The van der Waals surface area contributed by atoms with E-state index in [4.69, 9.17) is 0 Å². The lowest BCUT2D eigenvalue weighted by molar-refractivity contribution is 0.0967. The first-order valence-corrected chi connectivity index (χ1v) is 6.71. The predicted molar refractivity (Wildman–Crippen MR) is 59.7 cm³/mol. The zero-order chi connectivity index (χ0) is 12.6. The van der Waals surface area contributed by atoms with Crippen molar-refractivity contribution >= 4 is 15.8 Å². The summed E-state index contributed by atoms with van der Waals surface area (Å²) in [6.07, 6.45) is 1.65. The van der Waals surface area contributed by atoms with Gasteiger partial charge in [0.05, 0.1) is 0 Å². The number of nitrogens with one attached hydrogen (secondary N) is 1. The van der Waals surface area contributed by atoms with Gasteiger partial charge in [-0.15, -0.1) is 0 Å². The van der Waals surface area contributed by atoms with Gasteiger partial charge in [-0.2, -0.15) is 0 Å². The maximum Gasteiger partial charge on any atom is 0.243 e. The third-order valence-electron chi connectivity index (χ3n) is 2.72. The highest BCUT2D eigenvalue weighted by molar-refractivity contribution is 7.89. The number of hydrogen-bond acceptors (Lipinski definition) is 3. The molecular formula is C11H12FNO3S. The van der Waals surface area contributed by atoms with E-state index in [0.29, 0.717) is 0 Å². The number of halogens is 1. The molecular weight excluding hydrogens is 245 g/mol. The fourth-order valence-electron chi connectivity index (χ4n) is 1.55. The monoisotopic (exact) mass is 257 g/mol. The Hall–Kier alpha value is -1.27. The van der Waals surface area contributed by atoms with Crippen molar-refractivity contribution in [2.75, 3.05) is 7.05 Å². The minimum atomic E-state index is -3.87. The van der Waals surface area contributed by atoms with Crippen molar-refractivity contribution in [3.05, 3.63) is 29.6 Å². The van der Waals surface area contributed by atoms with Gasteiger partial charge >= 0.3 is 0 Å². The average molecular weight is 257 g/mol. The van der Waals surface area contributed by atoms with E-state index in [-0.39, 0.29) is 17.3 Å². The Labute approximate surface area is 98.9 Å². The topological polar surface area (TPSA) is 63.2 Å². The lowest BCUT2D eigenvalue weighted by atomic mass is 10.1. The Bertz CT molecular complexity index is 564. The Morgan fingerprint density at radius 1 is 1.41 bits per heavy atom. The zero-order valence-electron chi connectivity index (χ0n) is 9.23. The molecule has 0 bridgehead atoms. The summed E-state index contributed by atoms with van der Waals surface area (Å²) in [4.78, 5) is 11.3. The first kappa shape index (κ1) is 12.2. The van der Waals surface area contributed by atoms with Crippen LogP contribution in [-0.2, 0) is 10.0 Å². The third kappa shape index (κ3) is 2.37. The van der Waals surface area contributed by atoms with Crippen molar-refractivity contribution < 1.29 is 17.6 Å². The molecule has 2 rings (SSSR count). The molecule has 1 N–H and O–H groups in total. The Kier molecular flexibility index (Phi) is 3.01. The van der Waals surface area contributed by atoms with Gasteiger partial charge in [-0.25, -0.2) is 17.5 Å². The second-order valence-electron chi connectivity index (χ2n) is 3.99. The van der Waals surface area contributed by atoms with Gasteiger partial charge in [0.2, 0.25) is 10.0 Å². The van der Waals surface area contributed by atoms with E-state index in [0.717, 1.165) is 25.0 Å². The molecule has 0 aromatic heterocycles. The van der Waals surface area contributed by atoms with E-state index >= 15 is 0 Å². The summed E-state index contributed by atoms with van der Waals surface area (Å²) in [5.74, 6) is -0.991. The second-order valence-corrected chi connectivity index (χ2v) is 5.85. The lowest BCUT2D eigenvalue weighted by Gasteiger charge is -2.06. The second kappa shape index (κ2) is 4.19. The number of rotatable bonds is 4. The highest BCUT2D eigenvalue weighted by Gasteiger charge is 2.31. The van der Waals surface area contributed by atoms with E-state index in [1.165, 1.54) is 13.1 Å². The molecule has 1 aromatic carbocycles. The molecule has 1 saturated carbocycles.